The zero-order chi connectivity index (χ0) is 19.3. The van der Waals surface area contributed by atoms with E-state index in [1.807, 2.05) is 6.92 Å². The fourth-order valence-electron chi connectivity index (χ4n) is 3.82. The van der Waals surface area contributed by atoms with Crippen LogP contribution in [0, 0.1) is 25.5 Å². The number of rotatable bonds is 1. The van der Waals surface area contributed by atoms with Gasteiger partial charge < -0.3 is 9.88 Å². The molecule has 0 spiro atoms. The topological polar surface area (TPSA) is 53.2 Å². The molecule has 138 valence electrons. The van der Waals surface area contributed by atoms with Gasteiger partial charge in [-0.05, 0) is 61.6 Å². The number of pyridine rings is 1. The summed E-state index contributed by atoms with van der Waals surface area (Å²) >= 11 is 0. The molecule has 0 saturated heterocycles. The van der Waals surface area contributed by atoms with Crippen LogP contribution in [-0.4, -0.2) is 17.4 Å². The van der Waals surface area contributed by atoms with Gasteiger partial charge in [0.25, 0.3) is 5.91 Å². The maximum Gasteiger partial charge on any atom is 0.259 e. The average molecular weight is 368 g/mol. The van der Waals surface area contributed by atoms with Crippen LogP contribution in [0.1, 0.15) is 33.5 Å². The predicted octanol–water partition coefficient (Wildman–Crippen LogP) is 4.02. The maximum atomic E-state index is 14.6. The molecule has 4 nitrogen and oxygen atoms in total. The number of H-pyrrole nitrogens is 1. The Labute approximate surface area is 154 Å². The molecule has 0 unspecified atom stereocenters. The monoisotopic (exact) mass is 368 g/mol. The van der Waals surface area contributed by atoms with Crippen molar-refractivity contribution in [3.63, 3.8) is 0 Å². The van der Waals surface area contributed by atoms with E-state index >= 15 is 0 Å². The molecule has 0 radical (unpaired) electrons. The van der Waals surface area contributed by atoms with Crippen LogP contribution in [0.3, 0.4) is 0 Å². The third-order valence-corrected chi connectivity index (χ3v) is 5.07. The lowest BCUT2D eigenvalue weighted by atomic mass is 9.95. The van der Waals surface area contributed by atoms with Crippen LogP contribution >= 0.6 is 0 Å². The number of carbonyl (C=O) groups is 1. The number of nitrogens with zero attached hydrogens (tertiary/aromatic N) is 1. The highest BCUT2D eigenvalue weighted by Crippen LogP contribution is 2.34. The summed E-state index contributed by atoms with van der Waals surface area (Å²) in [5, 5.41) is 0.317. The summed E-state index contributed by atoms with van der Waals surface area (Å²) in [6, 6.07) is 7.15. The lowest BCUT2D eigenvalue weighted by molar-refractivity contribution is 0.0985. The van der Waals surface area contributed by atoms with E-state index in [0.717, 1.165) is 17.2 Å². The SMILES string of the molecule is Cc1cc(F)c2[nH]c(=O)cc(C(=O)N3CCCc4c(C)ccc(F)c43)c2c1. The summed E-state index contributed by atoms with van der Waals surface area (Å²) in [6.45, 7) is 3.93. The van der Waals surface area contributed by atoms with Gasteiger partial charge in [-0.2, -0.15) is 0 Å². The molecule has 0 aliphatic carbocycles. The molecule has 0 atom stereocenters. The molecule has 2 aromatic carbocycles. The number of nitrogens with one attached hydrogen (secondary N) is 1. The second-order valence-electron chi connectivity index (χ2n) is 6.97. The summed E-state index contributed by atoms with van der Waals surface area (Å²) in [5.41, 5.74) is 2.08. The fraction of sp³-hybridized carbons (Fsp3) is 0.238. The smallest absolute Gasteiger partial charge is 0.259 e. The van der Waals surface area contributed by atoms with E-state index in [-0.39, 0.29) is 16.8 Å². The summed E-state index contributed by atoms with van der Waals surface area (Å²) in [6.07, 6.45) is 1.38. The van der Waals surface area contributed by atoms with Gasteiger partial charge in [0.15, 0.2) is 0 Å². The Morgan fingerprint density at radius 2 is 1.89 bits per heavy atom. The molecule has 1 amide bonds. The van der Waals surface area contributed by atoms with Gasteiger partial charge in [0, 0.05) is 18.0 Å². The Morgan fingerprint density at radius 1 is 1.11 bits per heavy atom. The van der Waals surface area contributed by atoms with Gasteiger partial charge in [-0.15, -0.1) is 0 Å². The van der Waals surface area contributed by atoms with Crippen molar-refractivity contribution in [1.29, 1.82) is 0 Å². The van der Waals surface area contributed by atoms with Gasteiger partial charge in [-0.1, -0.05) is 6.07 Å². The van der Waals surface area contributed by atoms with Crippen molar-refractivity contribution in [3.05, 3.63) is 74.6 Å². The first-order chi connectivity index (χ1) is 12.9. The minimum atomic E-state index is -0.599. The number of aromatic amines is 1. The number of carbonyl (C=O) groups excluding carboxylic acids is 1. The Bertz CT molecular complexity index is 1150. The van der Waals surface area contributed by atoms with Crippen molar-refractivity contribution < 1.29 is 13.6 Å². The third-order valence-electron chi connectivity index (χ3n) is 5.07. The van der Waals surface area contributed by atoms with E-state index in [1.165, 1.54) is 17.0 Å². The van der Waals surface area contributed by atoms with Gasteiger partial charge in [-0.25, -0.2) is 8.78 Å². The van der Waals surface area contributed by atoms with Crippen LogP contribution in [0.25, 0.3) is 10.9 Å². The molecule has 2 heterocycles. The molecule has 1 aromatic heterocycles. The number of hydrogen-bond acceptors (Lipinski definition) is 2. The molecule has 27 heavy (non-hydrogen) atoms. The van der Waals surface area contributed by atoms with Gasteiger partial charge in [0.05, 0.1) is 16.8 Å². The third kappa shape index (κ3) is 2.81. The second-order valence-corrected chi connectivity index (χ2v) is 6.97. The van der Waals surface area contributed by atoms with Crippen molar-refractivity contribution in [2.24, 2.45) is 0 Å². The van der Waals surface area contributed by atoms with Gasteiger partial charge in [0.1, 0.15) is 11.6 Å². The molecule has 0 bridgehead atoms. The largest absolute Gasteiger partial charge is 0.319 e. The molecule has 1 N–H and O–H groups in total. The van der Waals surface area contributed by atoms with Gasteiger partial charge >= 0.3 is 0 Å². The number of hydrogen-bond donors (Lipinski definition) is 1. The first kappa shape index (κ1) is 17.4. The van der Waals surface area contributed by atoms with E-state index in [1.54, 1.807) is 19.1 Å². The number of benzene rings is 2. The Morgan fingerprint density at radius 3 is 2.67 bits per heavy atom. The molecule has 1 aliphatic rings. The second kappa shape index (κ2) is 6.30. The van der Waals surface area contributed by atoms with Crippen LogP contribution in [0.2, 0.25) is 0 Å². The van der Waals surface area contributed by atoms with Crippen molar-refractivity contribution in [2.45, 2.75) is 26.7 Å². The zero-order valence-corrected chi connectivity index (χ0v) is 15.0. The summed E-state index contributed by atoms with van der Waals surface area (Å²) in [4.78, 5) is 29.1. The standard InChI is InChI=1S/C21H18F2N2O2/c1-11-8-14-15(10-18(26)24-19(14)17(23)9-11)21(27)25-7-3-4-13-12(2)5-6-16(22)20(13)25/h5-6,8-10H,3-4,7H2,1-2H3,(H,24,26). The lowest BCUT2D eigenvalue weighted by Gasteiger charge is -2.31. The lowest BCUT2D eigenvalue weighted by Crippen LogP contribution is -2.37. The predicted molar refractivity (Wildman–Crippen MR) is 100 cm³/mol. The number of aromatic nitrogens is 1. The quantitative estimate of drug-likeness (QED) is 0.705. The Balaban J connectivity index is 1.94. The van der Waals surface area contributed by atoms with Crippen LogP contribution in [0.4, 0.5) is 14.5 Å². The first-order valence-corrected chi connectivity index (χ1v) is 8.80. The van der Waals surface area contributed by atoms with Crippen molar-refractivity contribution in [3.8, 4) is 0 Å². The summed E-state index contributed by atoms with van der Waals surface area (Å²) < 4.78 is 28.9. The van der Waals surface area contributed by atoms with Crippen LogP contribution in [0.5, 0.6) is 0 Å². The number of halogens is 2. The normalized spacial score (nSPS) is 13.7. The molecule has 0 saturated carbocycles. The van der Waals surface area contributed by atoms with E-state index in [0.29, 0.717) is 30.3 Å². The molecular weight excluding hydrogens is 350 g/mol. The highest BCUT2D eigenvalue weighted by Gasteiger charge is 2.29. The Hall–Kier alpha value is -3.02. The van der Waals surface area contributed by atoms with Gasteiger partial charge in [-0.3, -0.25) is 9.59 Å². The van der Waals surface area contributed by atoms with Crippen molar-refractivity contribution in [1.82, 2.24) is 4.98 Å². The van der Waals surface area contributed by atoms with Crippen LogP contribution in [0.15, 0.2) is 35.1 Å². The van der Waals surface area contributed by atoms with Crippen molar-refractivity contribution >= 4 is 22.5 Å². The minimum Gasteiger partial charge on any atom is -0.319 e. The zero-order valence-electron chi connectivity index (χ0n) is 15.0. The molecule has 0 fully saturated rings. The number of aryl methyl sites for hydroxylation is 2. The summed E-state index contributed by atoms with van der Waals surface area (Å²) in [7, 11) is 0. The minimum absolute atomic E-state index is 0.0154. The Kier molecular flexibility index (Phi) is 4.06. The van der Waals surface area contributed by atoms with Crippen LogP contribution in [-0.2, 0) is 6.42 Å². The van der Waals surface area contributed by atoms with E-state index < -0.39 is 23.1 Å². The molecular formula is C21H18F2N2O2. The van der Waals surface area contributed by atoms with E-state index in [4.69, 9.17) is 0 Å². The summed E-state index contributed by atoms with van der Waals surface area (Å²) in [5.74, 6) is -1.57. The number of fused-ring (bicyclic) bond motifs is 2. The van der Waals surface area contributed by atoms with E-state index in [9.17, 15) is 18.4 Å². The van der Waals surface area contributed by atoms with E-state index in [2.05, 4.69) is 4.98 Å². The molecule has 3 aromatic rings. The molecule has 6 heteroatoms. The maximum absolute atomic E-state index is 14.6. The average Bonchev–Trinajstić information content (AvgIpc) is 2.64. The fourth-order valence-corrected chi connectivity index (χ4v) is 3.82. The number of anilines is 1. The number of amides is 1. The van der Waals surface area contributed by atoms with Crippen LogP contribution < -0.4 is 10.5 Å². The van der Waals surface area contributed by atoms with Crippen molar-refractivity contribution in [2.75, 3.05) is 11.4 Å². The van der Waals surface area contributed by atoms with Gasteiger partial charge in [0.2, 0.25) is 5.56 Å². The molecule has 1 aliphatic heterocycles. The first-order valence-electron chi connectivity index (χ1n) is 8.80. The molecule has 4 rings (SSSR count). The highest BCUT2D eigenvalue weighted by atomic mass is 19.1. The highest BCUT2D eigenvalue weighted by molar-refractivity contribution is 6.14.